The average Bonchev–Trinajstić information content (AvgIpc) is 3.20. The van der Waals surface area contributed by atoms with Crippen LogP contribution in [0.4, 0.5) is 0 Å². The molecule has 186 valence electrons. The minimum Gasteiger partial charge on any atom is -0.497 e. The lowest BCUT2D eigenvalue weighted by atomic mass is 9.95. The van der Waals surface area contributed by atoms with Gasteiger partial charge in [0.2, 0.25) is 0 Å². The lowest BCUT2D eigenvalue weighted by Crippen LogP contribution is -2.40. The molecule has 0 spiro atoms. The molecule has 0 aliphatic carbocycles. The van der Waals surface area contributed by atoms with Gasteiger partial charge in [-0.25, -0.2) is 9.79 Å². The molecule has 0 amide bonds. The molecule has 3 aromatic rings. The van der Waals surface area contributed by atoms with Crippen molar-refractivity contribution in [2.75, 3.05) is 27.9 Å². The molecule has 2 aromatic carbocycles. The largest absolute Gasteiger partial charge is 0.497 e. The van der Waals surface area contributed by atoms with Crippen LogP contribution < -0.4 is 29.1 Å². The van der Waals surface area contributed by atoms with Gasteiger partial charge in [0.15, 0.2) is 16.3 Å². The number of allylic oxidation sites excluding steroid dienone is 1. The zero-order valence-corrected chi connectivity index (χ0v) is 21.3. The first kappa shape index (κ1) is 25.0. The highest BCUT2D eigenvalue weighted by molar-refractivity contribution is 7.07. The molecule has 4 rings (SSSR count). The molecule has 9 heteroatoms. The van der Waals surface area contributed by atoms with Gasteiger partial charge >= 0.3 is 5.97 Å². The van der Waals surface area contributed by atoms with Gasteiger partial charge in [0.25, 0.3) is 5.56 Å². The normalized spacial score (nSPS) is 15.1. The third-order valence-electron chi connectivity index (χ3n) is 5.71. The number of nitrogens with zero attached hydrogens (tertiary/aromatic N) is 2. The Kier molecular flexibility index (Phi) is 7.40. The first-order valence-corrected chi connectivity index (χ1v) is 11.9. The molecule has 0 fully saturated rings. The molecule has 1 aromatic heterocycles. The van der Waals surface area contributed by atoms with Gasteiger partial charge in [0.05, 0.1) is 43.2 Å². The Labute approximate surface area is 212 Å². The molecule has 8 nitrogen and oxygen atoms in total. The van der Waals surface area contributed by atoms with Crippen LogP contribution in [0, 0.1) is 0 Å². The number of rotatable bonds is 8. The van der Waals surface area contributed by atoms with E-state index in [2.05, 4.69) is 11.6 Å². The predicted molar refractivity (Wildman–Crippen MR) is 137 cm³/mol. The second-order valence-corrected chi connectivity index (χ2v) is 8.87. The standard InChI is InChI=1S/C27H26N2O6S/c1-6-13-35-26(31)23-16(2)28-27-29(24(23)18-9-12-20(33-4)21(15-18)34-5)25(30)22(36-27)14-17-7-10-19(32-3)11-8-17/h6-12,14-15,24H,1,13H2,2-5H3/b22-14-/t24-/m1/s1. The third kappa shape index (κ3) is 4.70. The van der Waals surface area contributed by atoms with Gasteiger partial charge in [-0.15, -0.1) is 0 Å². The number of benzene rings is 2. The van der Waals surface area contributed by atoms with Crippen LogP contribution in [0.2, 0.25) is 0 Å². The maximum atomic E-state index is 13.7. The second-order valence-electron chi connectivity index (χ2n) is 7.86. The fourth-order valence-corrected chi connectivity index (χ4v) is 5.03. The molecule has 0 radical (unpaired) electrons. The molecule has 0 bridgehead atoms. The maximum Gasteiger partial charge on any atom is 0.338 e. The molecule has 1 atom stereocenters. The Morgan fingerprint density at radius 1 is 1.08 bits per heavy atom. The number of methoxy groups -OCH3 is 3. The Balaban J connectivity index is 1.93. The minimum atomic E-state index is -0.767. The second kappa shape index (κ2) is 10.7. The summed E-state index contributed by atoms with van der Waals surface area (Å²) in [6, 6.07) is 11.9. The number of fused-ring (bicyclic) bond motifs is 1. The summed E-state index contributed by atoms with van der Waals surface area (Å²) >= 11 is 1.26. The molecule has 2 heterocycles. The van der Waals surface area contributed by atoms with Crippen molar-refractivity contribution >= 4 is 23.4 Å². The van der Waals surface area contributed by atoms with Crippen LogP contribution in [-0.2, 0) is 9.53 Å². The number of carbonyl (C=O) groups excluding carboxylic acids is 1. The van der Waals surface area contributed by atoms with Crippen molar-refractivity contribution < 1.29 is 23.7 Å². The number of esters is 1. The number of aromatic nitrogens is 1. The maximum absolute atomic E-state index is 13.7. The van der Waals surface area contributed by atoms with E-state index in [0.717, 1.165) is 11.3 Å². The molecule has 0 N–H and O–H groups in total. The smallest absolute Gasteiger partial charge is 0.338 e. The van der Waals surface area contributed by atoms with E-state index in [0.29, 0.717) is 32.1 Å². The Morgan fingerprint density at radius 3 is 2.44 bits per heavy atom. The average molecular weight is 507 g/mol. The predicted octanol–water partition coefficient (Wildman–Crippen LogP) is 2.99. The van der Waals surface area contributed by atoms with E-state index < -0.39 is 12.0 Å². The summed E-state index contributed by atoms with van der Waals surface area (Å²) in [5.41, 5.74) is 1.97. The van der Waals surface area contributed by atoms with Crippen molar-refractivity contribution in [3.63, 3.8) is 0 Å². The van der Waals surface area contributed by atoms with Crippen molar-refractivity contribution in [3.05, 3.63) is 97.2 Å². The summed E-state index contributed by atoms with van der Waals surface area (Å²) < 4.78 is 23.4. The number of thiazole rings is 1. The van der Waals surface area contributed by atoms with E-state index in [9.17, 15) is 9.59 Å². The monoisotopic (exact) mass is 506 g/mol. The number of hydrogen-bond donors (Lipinski definition) is 0. The van der Waals surface area contributed by atoms with Gasteiger partial charge in [-0.2, -0.15) is 0 Å². The van der Waals surface area contributed by atoms with Gasteiger partial charge in [0.1, 0.15) is 12.4 Å². The summed E-state index contributed by atoms with van der Waals surface area (Å²) in [6.45, 7) is 5.38. The van der Waals surface area contributed by atoms with Gasteiger partial charge in [0, 0.05) is 0 Å². The lowest BCUT2D eigenvalue weighted by molar-refractivity contribution is -0.138. The Bertz CT molecular complexity index is 1520. The third-order valence-corrected chi connectivity index (χ3v) is 6.69. The van der Waals surface area contributed by atoms with E-state index in [1.807, 2.05) is 24.3 Å². The molecule has 0 saturated carbocycles. The zero-order valence-electron chi connectivity index (χ0n) is 20.4. The summed E-state index contributed by atoms with van der Waals surface area (Å²) in [6.07, 6.45) is 3.28. The van der Waals surface area contributed by atoms with Crippen LogP contribution in [0.1, 0.15) is 24.1 Å². The van der Waals surface area contributed by atoms with Gasteiger partial charge in [-0.1, -0.05) is 42.2 Å². The summed E-state index contributed by atoms with van der Waals surface area (Å²) in [7, 11) is 4.67. The van der Waals surface area contributed by atoms with Crippen molar-refractivity contribution in [2.24, 2.45) is 4.99 Å². The van der Waals surface area contributed by atoms with Crippen LogP contribution in [0.5, 0.6) is 17.2 Å². The summed E-state index contributed by atoms with van der Waals surface area (Å²) in [5.74, 6) is 1.16. The van der Waals surface area contributed by atoms with E-state index in [4.69, 9.17) is 18.9 Å². The number of carbonyl (C=O) groups is 1. The van der Waals surface area contributed by atoms with Crippen LogP contribution >= 0.6 is 11.3 Å². The van der Waals surface area contributed by atoms with Gasteiger partial charge in [-0.05, 0) is 48.4 Å². The minimum absolute atomic E-state index is 0.0379. The quantitative estimate of drug-likeness (QED) is 0.345. The fraction of sp³-hybridized carbons (Fsp3) is 0.222. The highest BCUT2D eigenvalue weighted by Gasteiger charge is 2.34. The van der Waals surface area contributed by atoms with E-state index in [1.165, 1.54) is 29.1 Å². The van der Waals surface area contributed by atoms with Crippen molar-refractivity contribution in [2.45, 2.75) is 13.0 Å². The molecular formula is C27H26N2O6S. The molecule has 1 aliphatic heterocycles. The first-order valence-electron chi connectivity index (χ1n) is 11.1. The van der Waals surface area contributed by atoms with Gasteiger partial charge < -0.3 is 18.9 Å². The summed E-state index contributed by atoms with van der Waals surface area (Å²) in [4.78, 5) is 31.9. The van der Waals surface area contributed by atoms with Crippen LogP contribution in [0.15, 0.2) is 76.2 Å². The molecule has 36 heavy (non-hydrogen) atoms. The first-order chi connectivity index (χ1) is 17.4. The van der Waals surface area contributed by atoms with Crippen molar-refractivity contribution in [1.29, 1.82) is 0 Å². The molecule has 0 unspecified atom stereocenters. The summed E-state index contributed by atoms with van der Waals surface area (Å²) in [5, 5.41) is 0. The lowest BCUT2D eigenvalue weighted by Gasteiger charge is -2.25. The highest BCUT2D eigenvalue weighted by Crippen LogP contribution is 2.36. The van der Waals surface area contributed by atoms with E-state index >= 15 is 0 Å². The topological polar surface area (TPSA) is 88.4 Å². The highest BCUT2D eigenvalue weighted by atomic mass is 32.1. The van der Waals surface area contributed by atoms with Crippen LogP contribution in [0.25, 0.3) is 6.08 Å². The van der Waals surface area contributed by atoms with Crippen molar-refractivity contribution in [1.82, 2.24) is 4.57 Å². The van der Waals surface area contributed by atoms with Gasteiger partial charge in [-0.3, -0.25) is 9.36 Å². The Hall–Kier alpha value is -4.11. The van der Waals surface area contributed by atoms with E-state index in [1.54, 1.807) is 45.4 Å². The van der Waals surface area contributed by atoms with Crippen molar-refractivity contribution in [3.8, 4) is 17.2 Å². The molecule has 0 saturated heterocycles. The molecule has 1 aliphatic rings. The van der Waals surface area contributed by atoms with E-state index in [-0.39, 0.29) is 17.7 Å². The van der Waals surface area contributed by atoms with Crippen LogP contribution in [-0.4, -0.2) is 38.5 Å². The number of ether oxygens (including phenoxy) is 4. The Morgan fingerprint density at radius 2 is 1.81 bits per heavy atom. The van der Waals surface area contributed by atoms with Crippen LogP contribution in [0.3, 0.4) is 0 Å². The SMILES string of the molecule is C=CCOC(=O)C1=C(C)N=c2s/c(=C\c3ccc(OC)cc3)c(=O)n2[C@@H]1c1ccc(OC)c(OC)c1. The fourth-order valence-electron chi connectivity index (χ4n) is 3.98. The number of hydrogen-bond acceptors (Lipinski definition) is 8. The molecular weight excluding hydrogens is 480 g/mol. The zero-order chi connectivity index (χ0) is 25.8.